The predicted molar refractivity (Wildman–Crippen MR) is 65.6 cm³/mol. The summed E-state index contributed by atoms with van der Waals surface area (Å²) in [4.78, 5) is 28.1. The van der Waals surface area contributed by atoms with Gasteiger partial charge in [-0.2, -0.15) is 4.98 Å². The second-order valence-corrected chi connectivity index (χ2v) is 3.97. The van der Waals surface area contributed by atoms with E-state index in [2.05, 4.69) is 19.9 Å². The van der Waals surface area contributed by atoms with Gasteiger partial charge >= 0.3 is 5.97 Å². The molecule has 2 aromatic rings. The van der Waals surface area contributed by atoms with E-state index in [0.29, 0.717) is 16.9 Å². The molecule has 0 aliphatic heterocycles. The molecule has 0 fully saturated rings. The summed E-state index contributed by atoms with van der Waals surface area (Å²) >= 11 is 5.76. The lowest BCUT2D eigenvalue weighted by atomic mass is 10.3. The van der Waals surface area contributed by atoms with E-state index in [0.717, 1.165) is 5.69 Å². The Morgan fingerprint density at radius 1 is 1.17 bits per heavy atom. The van der Waals surface area contributed by atoms with Crippen molar-refractivity contribution < 1.29 is 9.53 Å². The number of halogens is 1. The maximum atomic E-state index is 11.8. The Kier molecular flexibility index (Phi) is 3.38. The Morgan fingerprint density at radius 3 is 2.50 bits per heavy atom. The molecule has 18 heavy (non-hydrogen) atoms. The van der Waals surface area contributed by atoms with Gasteiger partial charge in [0.05, 0.1) is 18.0 Å². The van der Waals surface area contributed by atoms with Gasteiger partial charge < -0.3 is 4.74 Å². The van der Waals surface area contributed by atoms with Gasteiger partial charge in [-0.3, -0.25) is 0 Å². The normalized spacial score (nSPS) is 10.7. The number of esters is 1. The SMILES string of the molecule is CCOC(=O)c1nc(Cl)nc2nc(C)c(C)nc12. The topological polar surface area (TPSA) is 77.9 Å². The summed E-state index contributed by atoms with van der Waals surface area (Å²) in [5.41, 5.74) is 2.08. The van der Waals surface area contributed by atoms with E-state index in [4.69, 9.17) is 16.3 Å². The molecule has 6 nitrogen and oxygen atoms in total. The minimum atomic E-state index is -0.579. The molecule has 94 valence electrons. The van der Waals surface area contributed by atoms with Crippen LogP contribution in [0.2, 0.25) is 5.28 Å². The molecular formula is C11H11ClN4O2. The van der Waals surface area contributed by atoms with Crippen LogP contribution in [0.25, 0.3) is 11.2 Å². The molecule has 2 aromatic heterocycles. The van der Waals surface area contributed by atoms with Gasteiger partial charge in [-0.1, -0.05) is 0 Å². The zero-order valence-corrected chi connectivity index (χ0v) is 10.9. The largest absolute Gasteiger partial charge is 0.461 e. The van der Waals surface area contributed by atoms with E-state index in [9.17, 15) is 4.79 Å². The number of nitrogens with zero attached hydrogens (tertiary/aromatic N) is 4. The number of aromatic nitrogens is 4. The van der Waals surface area contributed by atoms with Crippen molar-refractivity contribution in [3.05, 3.63) is 22.4 Å². The molecule has 0 aliphatic carbocycles. The minimum absolute atomic E-state index is 0.0439. The number of fused-ring (bicyclic) bond motifs is 1. The maximum Gasteiger partial charge on any atom is 0.359 e. The number of carbonyl (C=O) groups excluding carboxylic acids is 1. The number of rotatable bonds is 2. The van der Waals surface area contributed by atoms with Crippen molar-refractivity contribution in [2.24, 2.45) is 0 Å². The van der Waals surface area contributed by atoms with Crippen molar-refractivity contribution >= 4 is 28.7 Å². The predicted octanol–water partition coefficient (Wildman–Crippen LogP) is 1.87. The number of aryl methyl sites for hydroxylation is 2. The highest BCUT2D eigenvalue weighted by molar-refractivity contribution is 6.28. The number of hydrogen-bond acceptors (Lipinski definition) is 6. The van der Waals surface area contributed by atoms with Crippen molar-refractivity contribution in [1.82, 2.24) is 19.9 Å². The van der Waals surface area contributed by atoms with Gasteiger partial charge in [-0.25, -0.2) is 19.7 Å². The van der Waals surface area contributed by atoms with E-state index in [1.807, 2.05) is 6.92 Å². The van der Waals surface area contributed by atoms with Gasteiger partial charge in [0.15, 0.2) is 11.3 Å². The third-order valence-corrected chi connectivity index (χ3v) is 2.55. The highest BCUT2D eigenvalue weighted by atomic mass is 35.5. The van der Waals surface area contributed by atoms with Gasteiger partial charge in [-0.15, -0.1) is 0 Å². The Labute approximate surface area is 108 Å². The van der Waals surface area contributed by atoms with Gasteiger partial charge in [0.25, 0.3) is 0 Å². The lowest BCUT2D eigenvalue weighted by Gasteiger charge is -2.06. The molecule has 0 radical (unpaired) electrons. The number of hydrogen-bond donors (Lipinski definition) is 0. The zero-order valence-electron chi connectivity index (χ0n) is 10.2. The summed E-state index contributed by atoms with van der Waals surface area (Å²) in [5, 5.41) is -0.0527. The van der Waals surface area contributed by atoms with Gasteiger partial charge in [0.2, 0.25) is 5.28 Å². The molecule has 0 bridgehead atoms. The molecule has 0 unspecified atom stereocenters. The van der Waals surface area contributed by atoms with Crippen LogP contribution in [0.5, 0.6) is 0 Å². The average molecular weight is 267 g/mol. The van der Waals surface area contributed by atoms with E-state index in [1.54, 1.807) is 13.8 Å². The van der Waals surface area contributed by atoms with Crippen LogP contribution in [-0.4, -0.2) is 32.5 Å². The van der Waals surface area contributed by atoms with Crippen LogP contribution in [-0.2, 0) is 4.74 Å². The summed E-state index contributed by atoms with van der Waals surface area (Å²) in [6.07, 6.45) is 0. The van der Waals surface area contributed by atoms with Crippen LogP contribution in [0, 0.1) is 13.8 Å². The molecule has 2 rings (SSSR count). The van der Waals surface area contributed by atoms with Crippen LogP contribution in [0.1, 0.15) is 28.8 Å². The van der Waals surface area contributed by atoms with Crippen LogP contribution in [0.15, 0.2) is 0 Å². The van der Waals surface area contributed by atoms with Gasteiger partial charge in [0.1, 0.15) is 5.52 Å². The molecule has 7 heteroatoms. The number of carbonyl (C=O) groups is 1. The summed E-state index contributed by atoms with van der Waals surface area (Å²) < 4.78 is 4.91. The van der Waals surface area contributed by atoms with Gasteiger partial charge in [0, 0.05) is 0 Å². The Bertz CT molecular complexity index is 630. The summed E-state index contributed by atoms with van der Waals surface area (Å²) in [5.74, 6) is -0.579. The van der Waals surface area contributed by atoms with Crippen LogP contribution in [0.4, 0.5) is 0 Å². The fourth-order valence-electron chi connectivity index (χ4n) is 1.43. The molecule has 0 saturated heterocycles. The van der Waals surface area contributed by atoms with Crippen LogP contribution >= 0.6 is 11.6 Å². The van der Waals surface area contributed by atoms with E-state index in [1.165, 1.54) is 0 Å². The second kappa shape index (κ2) is 4.81. The summed E-state index contributed by atoms with van der Waals surface area (Å²) in [6.45, 7) is 5.57. The van der Waals surface area contributed by atoms with E-state index in [-0.39, 0.29) is 17.6 Å². The van der Waals surface area contributed by atoms with Crippen molar-refractivity contribution in [2.45, 2.75) is 20.8 Å². The second-order valence-electron chi connectivity index (χ2n) is 3.63. The monoisotopic (exact) mass is 266 g/mol. The Hall–Kier alpha value is -1.82. The highest BCUT2D eigenvalue weighted by Crippen LogP contribution is 2.17. The third-order valence-electron chi connectivity index (χ3n) is 2.38. The molecular weight excluding hydrogens is 256 g/mol. The smallest absolute Gasteiger partial charge is 0.359 e. The minimum Gasteiger partial charge on any atom is -0.461 e. The fraction of sp³-hybridized carbons (Fsp3) is 0.364. The first-order chi connectivity index (χ1) is 8.52. The zero-order chi connectivity index (χ0) is 13.3. The maximum absolute atomic E-state index is 11.8. The fourth-order valence-corrected chi connectivity index (χ4v) is 1.59. The first kappa shape index (κ1) is 12.6. The quantitative estimate of drug-likeness (QED) is 0.610. The van der Waals surface area contributed by atoms with Crippen molar-refractivity contribution in [3.8, 4) is 0 Å². The first-order valence-corrected chi connectivity index (χ1v) is 5.76. The van der Waals surface area contributed by atoms with Crippen molar-refractivity contribution in [2.75, 3.05) is 6.61 Å². The molecule has 0 spiro atoms. The lowest BCUT2D eigenvalue weighted by Crippen LogP contribution is -2.11. The molecule has 0 aliphatic rings. The summed E-state index contributed by atoms with van der Waals surface area (Å²) in [6, 6.07) is 0. The molecule has 0 saturated carbocycles. The van der Waals surface area contributed by atoms with E-state index >= 15 is 0 Å². The van der Waals surface area contributed by atoms with Crippen molar-refractivity contribution in [3.63, 3.8) is 0 Å². The number of ether oxygens (including phenoxy) is 1. The lowest BCUT2D eigenvalue weighted by molar-refractivity contribution is 0.0521. The molecule has 2 heterocycles. The van der Waals surface area contributed by atoms with Crippen LogP contribution in [0.3, 0.4) is 0 Å². The Morgan fingerprint density at radius 2 is 1.83 bits per heavy atom. The summed E-state index contributed by atoms with van der Waals surface area (Å²) in [7, 11) is 0. The molecule has 0 amide bonds. The first-order valence-electron chi connectivity index (χ1n) is 5.38. The van der Waals surface area contributed by atoms with Gasteiger partial charge in [-0.05, 0) is 32.4 Å². The standard InChI is InChI=1S/C11H11ClN4O2/c1-4-18-10(17)8-7-9(16-11(12)15-8)14-6(3)5(2)13-7/h4H2,1-3H3. The molecule has 0 N–H and O–H groups in total. The van der Waals surface area contributed by atoms with Crippen molar-refractivity contribution in [1.29, 1.82) is 0 Å². The Balaban J connectivity index is 2.71. The van der Waals surface area contributed by atoms with E-state index < -0.39 is 5.97 Å². The third kappa shape index (κ3) is 2.24. The molecule has 0 atom stereocenters. The highest BCUT2D eigenvalue weighted by Gasteiger charge is 2.18. The average Bonchev–Trinajstić information content (AvgIpc) is 2.30. The van der Waals surface area contributed by atoms with Crippen LogP contribution < -0.4 is 0 Å². The molecule has 0 aromatic carbocycles.